The highest BCUT2D eigenvalue weighted by atomic mass is 16.3. The maximum absolute atomic E-state index is 6.51. The molecule has 8 aromatic carbocycles. The Bertz CT molecular complexity index is 3540. The summed E-state index contributed by atoms with van der Waals surface area (Å²) < 4.78 is 19.0. The van der Waals surface area contributed by atoms with Crippen LogP contribution in [0.2, 0.25) is 0 Å². The van der Waals surface area contributed by atoms with Crippen molar-refractivity contribution in [2.75, 3.05) is 0 Å². The van der Waals surface area contributed by atoms with Crippen molar-refractivity contribution in [3.63, 3.8) is 0 Å². The van der Waals surface area contributed by atoms with Gasteiger partial charge in [0.1, 0.15) is 33.5 Å². The largest absolute Gasteiger partial charge is 0.456 e. The fourth-order valence-corrected chi connectivity index (χ4v) is 8.10. The summed E-state index contributed by atoms with van der Waals surface area (Å²) in [7, 11) is 0. The fraction of sp³-hybridized carbons (Fsp3) is 0. The van der Waals surface area contributed by atoms with E-state index in [0.717, 1.165) is 105 Å². The number of benzene rings is 8. The summed E-state index contributed by atoms with van der Waals surface area (Å²) >= 11 is 0. The Morgan fingerprint density at radius 1 is 0.228 bits per heavy atom. The van der Waals surface area contributed by atoms with E-state index in [4.69, 9.17) is 28.2 Å². The van der Waals surface area contributed by atoms with Crippen LogP contribution in [-0.2, 0) is 0 Å². The highest BCUT2D eigenvalue weighted by Crippen LogP contribution is 2.37. The molecule has 266 valence electrons. The van der Waals surface area contributed by atoms with E-state index in [1.807, 2.05) is 78.9 Å². The Morgan fingerprint density at radius 2 is 0.561 bits per heavy atom. The average Bonchev–Trinajstić information content (AvgIpc) is 3.96. The molecule has 0 aliphatic heterocycles. The lowest BCUT2D eigenvalue weighted by molar-refractivity contribution is 0.668. The predicted molar refractivity (Wildman–Crippen MR) is 229 cm³/mol. The standard InChI is InChI=1S/C51H29N3O3/c1-2-9-30(10-3-1)32-17-21-41-42-24-20-36(29-48(42)57-46(41)26-32)51-53-49(52-50(54-51)35-19-23-40-38-14-5-7-16-44(38)56-47(40)28-35)34-12-8-11-31(25-34)33-18-22-39-37-13-4-6-15-43(37)55-45(39)27-33/h1-29H. The highest BCUT2D eigenvalue weighted by Gasteiger charge is 2.17. The van der Waals surface area contributed by atoms with E-state index in [-0.39, 0.29) is 0 Å². The Balaban J connectivity index is 0.999. The zero-order valence-corrected chi connectivity index (χ0v) is 30.3. The average molecular weight is 732 g/mol. The molecule has 0 radical (unpaired) electrons. The van der Waals surface area contributed by atoms with E-state index in [1.165, 1.54) is 0 Å². The smallest absolute Gasteiger partial charge is 0.164 e. The van der Waals surface area contributed by atoms with Crippen molar-refractivity contribution in [2.24, 2.45) is 0 Å². The van der Waals surface area contributed by atoms with Gasteiger partial charge in [0.15, 0.2) is 17.5 Å². The van der Waals surface area contributed by atoms with E-state index in [9.17, 15) is 0 Å². The van der Waals surface area contributed by atoms with Crippen molar-refractivity contribution in [3.8, 4) is 56.4 Å². The van der Waals surface area contributed by atoms with Crippen LogP contribution < -0.4 is 0 Å². The van der Waals surface area contributed by atoms with E-state index >= 15 is 0 Å². The van der Waals surface area contributed by atoms with E-state index in [0.29, 0.717) is 17.5 Å². The third-order valence-electron chi connectivity index (χ3n) is 10.9. The molecule has 0 unspecified atom stereocenters. The number of hydrogen-bond acceptors (Lipinski definition) is 6. The van der Waals surface area contributed by atoms with Crippen molar-refractivity contribution in [2.45, 2.75) is 0 Å². The number of rotatable bonds is 5. The van der Waals surface area contributed by atoms with Gasteiger partial charge in [0.05, 0.1) is 0 Å². The zero-order valence-electron chi connectivity index (χ0n) is 30.3. The SMILES string of the molecule is c1ccc(-c2ccc3c(c2)oc2cc(-c4nc(-c5cccc(-c6ccc7c(c6)oc6ccccc67)c5)nc(-c5ccc6c(c5)oc5ccccc56)n4)ccc23)cc1. The van der Waals surface area contributed by atoms with Crippen LogP contribution in [0.5, 0.6) is 0 Å². The molecule has 0 amide bonds. The number of aromatic nitrogens is 3. The van der Waals surface area contributed by atoms with Crippen LogP contribution in [0.1, 0.15) is 0 Å². The summed E-state index contributed by atoms with van der Waals surface area (Å²) in [4.78, 5) is 15.3. The number of fused-ring (bicyclic) bond motifs is 9. The van der Waals surface area contributed by atoms with Gasteiger partial charge in [-0.25, -0.2) is 15.0 Å². The van der Waals surface area contributed by atoms with Crippen molar-refractivity contribution < 1.29 is 13.3 Å². The van der Waals surface area contributed by atoms with Crippen molar-refractivity contribution in [1.82, 2.24) is 15.0 Å². The maximum Gasteiger partial charge on any atom is 0.164 e. The lowest BCUT2D eigenvalue weighted by Crippen LogP contribution is -2.00. The maximum atomic E-state index is 6.51. The lowest BCUT2D eigenvalue weighted by Gasteiger charge is -2.10. The molecule has 0 aliphatic rings. The van der Waals surface area contributed by atoms with Gasteiger partial charge in [-0.3, -0.25) is 0 Å². The highest BCUT2D eigenvalue weighted by molar-refractivity contribution is 6.08. The minimum absolute atomic E-state index is 0.543. The lowest BCUT2D eigenvalue weighted by atomic mass is 10.0. The Labute approximate surface area is 325 Å². The van der Waals surface area contributed by atoms with Crippen molar-refractivity contribution in [3.05, 3.63) is 176 Å². The Kier molecular flexibility index (Phi) is 6.83. The van der Waals surface area contributed by atoms with Gasteiger partial charge in [0.25, 0.3) is 0 Å². The number of furan rings is 3. The molecule has 57 heavy (non-hydrogen) atoms. The molecule has 6 heteroatoms. The number of para-hydroxylation sites is 2. The van der Waals surface area contributed by atoms with E-state index in [1.54, 1.807) is 0 Å². The third kappa shape index (κ3) is 5.23. The molecule has 0 saturated carbocycles. The second-order valence-corrected chi connectivity index (χ2v) is 14.4. The molecular weight excluding hydrogens is 703 g/mol. The van der Waals surface area contributed by atoms with Gasteiger partial charge >= 0.3 is 0 Å². The second kappa shape index (κ2) is 12.3. The molecular formula is C51H29N3O3. The summed E-state index contributed by atoms with van der Waals surface area (Å²) in [6, 6.07) is 60.0. The molecule has 4 aromatic heterocycles. The first-order chi connectivity index (χ1) is 28.2. The third-order valence-corrected chi connectivity index (χ3v) is 10.9. The summed E-state index contributed by atoms with van der Waals surface area (Å²) in [5.41, 5.74) is 11.8. The normalized spacial score (nSPS) is 11.9. The van der Waals surface area contributed by atoms with Crippen molar-refractivity contribution >= 4 is 65.8 Å². The quantitative estimate of drug-likeness (QED) is 0.175. The van der Waals surface area contributed by atoms with Crippen LogP contribution in [0.3, 0.4) is 0 Å². The molecule has 0 spiro atoms. The molecule has 0 bridgehead atoms. The molecule has 12 rings (SSSR count). The van der Waals surface area contributed by atoms with Crippen LogP contribution >= 0.6 is 0 Å². The fourth-order valence-electron chi connectivity index (χ4n) is 8.10. The van der Waals surface area contributed by atoms with Crippen LogP contribution in [0.4, 0.5) is 0 Å². The van der Waals surface area contributed by atoms with Gasteiger partial charge in [0.2, 0.25) is 0 Å². The summed E-state index contributed by atoms with van der Waals surface area (Å²) in [5, 5.41) is 6.42. The Hall–Kier alpha value is -7.83. The van der Waals surface area contributed by atoms with Crippen LogP contribution in [0.15, 0.2) is 189 Å². The predicted octanol–water partition coefficient (Wildman–Crippen LogP) is 13.9. The topological polar surface area (TPSA) is 78.1 Å². The second-order valence-electron chi connectivity index (χ2n) is 14.4. The van der Waals surface area contributed by atoms with Crippen LogP contribution in [0, 0.1) is 0 Å². The molecule has 0 N–H and O–H groups in total. The van der Waals surface area contributed by atoms with Gasteiger partial charge in [-0.1, -0.05) is 109 Å². The van der Waals surface area contributed by atoms with Gasteiger partial charge in [0, 0.05) is 49.0 Å². The molecule has 0 aliphatic carbocycles. The molecule has 4 heterocycles. The molecule has 0 saturated heterocycles. The monoisotopic (exact) mass is 731 g/mol. The first-order valence-electron chi connectivity index (χ1n) is 18.9. The summed E-state index contributed by atoms with van der Waals surface area (Å²) in [6.07, 6.45) is 0. The Morgan fingerprint density at radius 3 is 1.09 bits per heavy atom. The summed E-state index contributed by atoms with van der Waals surface area (Å²) in [6.45, 7) is 0. The minimum atomic E-state index is 0.543. The summed E-state index contributed by atoms with van der Waals surface area (Å²) in [5.74, 6) is 1.65. The van der Waals surface area contributed by atoms with Gasteiger partial charge < -0.3 is 13.3 Å². The van der Waals surface area contributed by atoms with E-state index < -0.39 is 0 Å². The van der Waals surface area contributed by atoms with Crippen LogP contribution in [-0.4, -0.2) is 15.0 Å². The molecule has 0 fully saturated rings. The van der Waals surface area contributed by atoms with Crippen molar-refractivity contribution in [1.29, 1.82) is 0 Å². The van der Waals surface area contributed by atoms with E-state index in [2.05, 4.69) is 97.1 Å². The molecule has 0 atom stereocenters. The zero-order chi connectivity index (χ0) is 37.5. The first kappa shape index (κ1) is 31.5. The number of hydrogen-bond donors (Lipinski definition) is 0. The first-order valence-corrected chi connectivity index (χ1v) is 18.9. The molecule has 6 nitrogen and oxygen atoms in total. The van der Waals surface area contributed by atoms with Gasteiger partial charge in [-0.15, -0.1) is 0 Å². The number of nitrogens with zero attached hydrogens (tertiary/aromatic N) is 3. The minimum Gasteiger partial charge on any atom is -0.456 e. The van der Waals surface area contributed by atoms with Gasteiger partial charge in [-0.05, 0) is 89.0 Å². The molecule has 12 aromatic rings. The van der Waals surface area contributed by atoms with Crippen LogP contribution in [0.25, 0.3) is 122 Å². The van der Waals surface area contributed by atoms with Gasteiger partial charge in [-0.2, -0.15) is 0 Å².